The van der Waals surface area contributed by atoms with Crippen molar-refractivity contribution in [1.29, 1.82) is 0 Å². The van der Waals surface area contributed by atoms with Crippen molar-refractivity contribution in [2.45, 2.75) is 6.92 Å². The van der Waals surface area contributed by atoms with E-state index in [2.05, 4.69) is 5.32 Å². The van der Waals surface area contributed by atoms with Crippen LogP contribution in [0.3, 0.4) is 0 Å². The van der Waals surface area contributed by atoms with E-state index in [4.69, 9.17) is 4.74 Å². The van der Waals surface area contributed by atoms with Crippen LogP contribution >= 0.6 is 0 Å². The lowest BCUT2D eigenvalue weighted by Gasteiger charge is -2.15. The maximum atomic E-state index is 12.3. The summed E-state index contributed by atoms with van der Waals surface area (Å²) in [6.07, 6.45) is 0. The zero-order chi connectivity index (χ0) is 17.3. The molecule has 3 amide bonds. The minimum atomic E-state index is -0.464. The number of imide groups is 1. The number of carbonyl (C=O) groups excluding carboxylic acids is 3. The number of benzene rings is 2. The SMILES string of the molecule is COc1ccc(C)cc1NC(=O)CN1C(=O)c2ccccc2C1=O. The second-order valence-electron chi connectivity index (χ2n) is 5.49. The van der Waals surface area contributed by atoms with Crippen molar-refractivity contribution in [3.8, 4) is 5.75 Å². The van der Waals surface area contributed by atoms with Crippen LogP contribution in [0.2, 0.25) is 0 Å². The Balaban J connectivity index is 1.76. The van der Waals surface area contributed by atoms with E-state index >= 15 is 0 Å². The van der Waals surface area contributed by atoms with Gasteiger partial charge in [-0.15, -0.1) is 0 Å². The first-order valence-corrected chi connectivity index (χ1v) is 7.41. The smallest absolute Gasteiger partial charge is 0.262 e. The Morgan fingerprint density at radius 2 is 1.71 bits per heavy atom. The van der Waals surface area contributed by atoms with Crippen LogP contribution in [0.1, 0.15) is 26.3 Å². The number of anilines is 1. The molecule has 1 N–H and O–H groups in total. The normalized spacial score (nSPS) is 13.0. The molecule has 0 fully saturated rings. The van der Waals surface area contributed by atoms with Crippen LogP contribution in [0.15, 0.2) is 42.5 Å². The second kappa shape index (κ2) is 6.16. The van der Waals surface area contributed by atoms with Crippen molar-refractivity contribution < 1.29 is 19.1 Å². The molecule has 1 aliphatic heterocycles. The summed E-state index contributed by atoms with van der Waals surface area (Å²) < 4.78 is 5.20. The second-order valence-corrected chi connectivity index (χ2v) is 5.49. The molecule has 6 heteroatoms. The van der Waals surface area contributed by atoms with E-state index in [-0.39, 0.29) is 6.54 Å². The van der Waals surface area contributed by atoms with Gasteiger partial charge in [0.05, 0.1) is 23.9 Å². The molecule has 0 atom stereocenters. The topological polar surface area (TPSA) is 75.7 Å². The molecule has 0 unspecified atom stereocenters. The first-order chi connectivity index (χ1) is 11.5. The number of fused-ring (bicyclic) bond motifs is 1. The number of ether oxygens (including phenoxy) is 1. The van der Waals surface area contributed by atoms with Crippen LogP contribution in [0.5, 0.6) is 5.75 Å². The Hall–Kier alpha value is -3.15. The van der Waals surface area contributed by atoms with Crippen LogP contribution in [-0.4, -0.2) is 36.3 Å². The summed E-state index contributed by atoms with van der Waals surface area (Å²) in [7, 11) is 1.50. The molecule has 0 saturated carbocycles. The molecule has 0 bridgehead atoms. The molecule has 0 spiro atoms. The van der Waals surface area contributed by atoms with Gasteiger partial charge in [-0.05, 0) is 36.8 Å². The van der Waals surface area contributed by atoms with Gasteiger partial charge < -0.3 is 10.1 Å². The number of methoxy groups -OCH3 is 1. The number of carbonyl (C=O) groups is 3. The number of nitrogens with zero attached hydrogens (tertiary/aromatic N) is 1. The minimum Gasteiger partial charge on any atom is -0.495 e. The van der Waals surface area contributed by atoms with Gasteiger partial charge >= 0.3 is 0 Å². The molecule has 0 saturated heterocycles. The van der Waals surface area contributed by atoms with Gasteiger partial charge in [0, 0.05) is 0 Å². The third-order valence-corrected chi connectivity index (χ3v) is 3.81. The predicted octanol–water partition coefficient (Wildman–Crippen LogP) is 2.24. The lowest BCUT2D eigenvalue weighted by atomic mass is 10.1. The molecule has 2 aromatic carbocycles. The number of amides is 3. The van der Waals surface area contributed by atoms with Crippen LogP contribution in [0, 0.1) is 6.92 Å². The average molecular weight is 324 g/mol. The maximum Gasteiger partial charge on any atom is 0.262 e. The molecular weight excluding hydrogens is 308 g/mol. The van der Waals surface area contributed by atoms with Gasteiger partial charge in [-0.3, -0.25) is 19.3 Å². The van der Waals surface area contributed by atoms with Crippen molar-refractivity contribution in [1.82, 2.24) is 4.90 Å². The predicted molar refractivity (Wildman–Crippen MR) is 88.2 cm³/mol. The lowest BCUT2D eigenvalue weighted by Crippen LogP contribution is -2.37. The molecule has 1 heterocycles. The molecule has 3 rings (SSSR count). The van der Waals surface area contributed by atoms with E-state index in [1.165, 1.54) is 7.11 Å². The summed E-state index contributed by atoms with van der Waals surface area (Å²) in [5, 5.41) is 2.69. The van der Waals surface area contributed by atoms with E-state index in [0.717, 1.165) is 10.5 Å². The zero-order valence-corrected chi connectivity index (χ0v) is 13.3. The molecule has 2 aromatic rings. The van der Waals surface area contributed by atoms with E-state index < -0.39 is 17.7 Å². The minimum absolute atomic E-state index is 0.323. The fraction of sp³-hybridized carbons (Fsp3) is 0.167. The Morgan fingerprint density at radius 1 is 1.08 bits per heavy atom. The Bertz CT molecular complexity index is 810. The summed E-state index contributed by atoms with van der Waals surface area (Å²) in [6, 6.07) is 11.9. The third kappa shape index (κ3) is 2.74. The Labute approximate surface area is 139 Å². The summed E-state index contributed by atoms with van der Waals surface area (Å²) in [5.41, 5.74) is 2.10. The monoisotopic (exact) mass is 324 g/mol. The first kappa shape index (κ1) is 15.7. The number of aryl methyl sites for hydroxylation is 1. The van der Waals surface area contributed by atoms with Gasteiger partial charge in [-0.25, -0.2) is 0 Å². The highest BCUT2D eigenvalue weighted by Gasteiger charge is 2.36. The maximum absolute atomic E-state index is 12.3. The van der Waals surface area contributed by atoms with Crippen LogP contribution < -0.4 is 10.1 Å². The van der Waals surface area contributed by atoms with Gasteiger partial charge in [0.2, 0.25) is 5.91 Å². The van der Waals surface area contributed by atoms with Gasteiger partial charge in [0.1, 0.15) is 12.3 Å². The Morgan fingerprint density at radius 3 is 2.29 bits per heavy atom. The lowest BCUT2D eigenvalue weighted by molar-refractivity contribution is -0.116. The summed E-state index contributed by atoms with van der Waals surface area (Å²) >= 11 is 0. The highest BCUT2D eigenvalue weighted by molar-refractivity contribution is 6.22. The molecule has 0 aliphatic carbocycles. The van der Waals surface area contributed by atoms with E-state index in [1.807, 2.05) is 13.0 Å². The highest BCUT2D eigenvalue weighted by atomic mass is 16.5. The largest absolute Gasteiger partial charge is 0.495 e. The van der Waals surface area contributed by atoms with Gasteiger partial charge in [-0.2, -0.15) is 0 Å². The van der Waals surface area contributed by atoms with Crippen LogP contribution in [-0.2, 0) is 4.79 Å². The molecule has 1 aliphatic rings. The molecular formula is C18H16N2O4. The van der Waals surface area contributed by atoms with Crippen molar-refractivity contribution >= 4 is 23.4 Å². The van der Waals surface area contributed by atoms with Gasteiger partial charge in [-0.1, -0.05) is 18.2 Å². The number of rotatable bonds is 4. The first-order valence-electron chi connectivity index (χ1n) is 7.41. The van der Waals surface area contributed by atoms with E-state index in [1.54, 1.807) is 36.4 Å². The summed E-state index contributed by atoms with van der Waals surface area (Å²) in [5.74, 6) is -0.867. The zero-order valence-electron chi connectivity index (χ0n) is 13.3. The van der Waals surface area contributed by atoms with Crippen molar-refractivity contribution in [3.05, 3.63) is 59.2 Å². The molecule has 24 heavy (non-hydrogen) atoms. The van der Waals surface area contributed by atoms with Crippen molar-refractivity contribution in [2.75, 3.05) is 19.0 Å². The molecule has 0 aromatic heterocycles. The number of hydrogen-bond donors (Lipinski definition) is 1. The Kier molecular flexibility index (Phi) is 4.04. The standard InChI is InChI=1S/C18H16N2O4/c1-11-7-8-15(24-2)14(9-11)19-16(21)10-20-17(22)12-5-3-4-6-13(12)18(20)23/h3-9H,10H2,1-2H3,(H,19,21). The van der Waals surface area contributed by atoms with E-state index in [9.17, 15) is 14.4 Å². The third-order valence-electron chi connectivity index (χ3n) is 3.81. The van der Waals surface area contributed by atoms with Gasteiger partial charge in [0.25, 0.3) is 11.8 Å². The summed E-state index contributed by atoms with van der Waals surface area (Å²) in [4.78, 5) is 37.8. The summed E-state index contributed by atoms with van der Waals surface area (Å²) in [6.45, 7) is 1.54. The van der Waals surface area contributed by atoms with Crippen molar-refractivity contribution in [3.63, 3.8) is 0 Å². The quantitative estimate of drug-likeness (QED) is 0.875. The van der Waals surface area contributed by atoms with Crippen LogP contribution in [0.25, 0.3) is 0 Å². The van der Waals surface area contributed by atoms with E-state index in [0.29, 0.717) is 22.6 Å². The van der Waals surface area contributed by atoms with Crippen LogP contribution in [0.4, 0.5) is 5.69 Å². The average Bonchev–Trinajstić information content (AvgIpc) is 2.80. The highest BCUT2D eigenvalue weighted by Crippen LogP contribution is 2.26. The fourth-order valence-corrected chi connectivity index (χ4v) is 2.64. The number of hydrogen-bond acceptors (Lipinski definition) is 4. The van der Waals surface area contributed by atoms with Crippen molar-refractivity contribution in [2.24, 2.45) is 0 Å². The molecule has 0 radical (unpaired) electrons. The molecule has 122 valence electrons. The molecule has 6 nitrogen and oxygen atoms in total. The number of nitrogens with one attached hydrogen (secondary N) is 1. The van der Waals surface area contributed by atoms with Gasteiger partial charge in [0.15, 0.2) is 0 Å². The fourth-order valence-electron chi connectivity index (χ4n) is 2.64.